The molecule has 0 fully saturated rings. The Balaban J connectivity index is 1.79. The predicted molar refractivity (Wildman–Crippen MR) is 93.4 cm³/mol. The van der Waals surface area contributed by atoms with Crippen LogP contribution in [0, 0.1) is 13.8 Å². The van der Waals surface area contributed by atoms with E-state index in [4.69, 9.17) is 4.74 Å². The lowest BCUT2D eigenvalue weighted by Gasteiger charge is -2.13. The summed E-state index contributed by atoms with van der Waals surface area (Å²) in [6.45, 7) is 5.04. The molecule has 2 rings (SSSR count). The smallest absolute Gasteiger partial charge is 0.125 e. The standard InChI is InChI=1S/C19H23BrO/c1-15-12-18(14-20)13-16(2)19(15)21-11-7-6-10-17-8-4-3-5-9-17/h3-5,8-9,12-13H,6-7,10-11,14H2,1-2H3. The number of unbranched alkanes of at least 4 members (excludes halogenated alkanes) is 1. The molecule has 2 aromatic rings. The van der Waals surface area contributed by atoms with Crippen LogP contribution >= 0.6 is 15.9 Å². The lowest BCUT2D eigenvalue weighted by molar-refractivity contribution is 0.303. The second kappa shape index (κ2) is 8.23. The number of benzene rings is 2. The van der Waals surface area contributed by atoms with Crippen LogP contribution in [0.2, 0.25) is 0 Å². The molecule has 0 aliphatic carbocycles. The molecule has 0 saturated carbocycles. The molecular weight excluding hydrogens is 324 g/mol. The summed E-state index contributed by atoms with van der Waals surface area (Å²) < 4.78 is 5.99. The summed E-state index contributed by atoms with van der Waals surface area (Å²) in [5.74, 6) is 1.06. The van der Waals surface area contributed by atoms with E-state index < -0.39 is 0 Å². The van der Waals surface area contributed by atoms with Gasteiger partial charge < -0.3 is 4.74 Å². The molecule has 0 aromatic heterocycles. The molecule has 2 aromatic carbocycles. The van der Waals surface area contributed by atoms with Crippen molar-refractivity contribution in [2.45, 2.75) is 38.4 Å². The van der Waals surface area contributed by atoms with E-state index in [0.29, 0.717) is 0 Å². The molecule has 0 radical (unpaired) electrons. The maximum Gasteiger partial charge on any atom is 0.125 e. The summed E-state index contributed by atoms with van der Waals surface area (Å²) >= 11 is 3.50. The molecule has 0 saturated heterocycles. The molecule has 21 heavy (non-hydrogen) atoms. The SMILES string of the molecule is Cc1cc(CBr)cc(C)c1OCCCCc1ccccc1. The second-order valence-corrected chi connectivity index (χ2v) is 6.04. The summed E-state index contributed by atoms with van der Waals surface area (Å²) in [4.78, 5) is 0. The van der Waals surface area contributed by atoms with Gasteiger partial charge in [-0.2, -0.15) is 0 Å². The first-order valence-electron chi connectivity index (χ1n) is 7.53. The topological polar surface area (TPSA) is 9.23 Å². The Hall–Kier alpha value is -1.28. The number of halogens is 1. The minimum Gasteiger partial charge on any atom is -0.493 e. The average molecular weight is 347 g/mol. The molecule has 0 amide bonds. The van der Waals surface area contributed by atoms with Gasteiger partial charge in [-0.25, -0.2) is 0 Å². The van der Waals surface area contributed by atoms with E-state index >= 15 is 0 Å². The van der Waals surface area contributed by atoms with Crippen LogP contribution in [0.15, 0.2) is 42.5 Å². The van der Waals surface area contributed by atoms with Crippen molar-refractivity contribution < 1.29 is 4.74 Å². The van der Waals surface area contributed by atoms with Crippen molar-refractivity contribution in [3.05, 3.63) is 64.7 Å². The van der Waals surface area contributed by atoms with E-state index in [1.807, 2.05) is 0 Å². The summed E-state index contributed by atoms with van der Waals surface area (Å²) in [5, 5.41) is 0.895. The molecule has 0 heterocycles. The highest BCUT2D eigenvalue weighted by atomic mass is 79.9. The van der Waals surface area contributed by atoms with Crippen LogP contribution in [0.4, 0.5) is 0 Å². The maximum atomic E-state index is 5.99. The quantitative estimate of drug-likeness (QED) is 0.468. The Morgan fingerprint density at radius 3 is 2.19 bits per heavy atom. The van der Waals surface area contributed by atoms with Gasteiger partial charge in [0.05, 0.1) is 6.61 Å². The third kappa shape index (κ3) is 4.89. The number of aryl methyl sites for hydroxylation is 3. The van der Waals surface area contributed by atoms with E-state index in [1.165, 1.54) is 28.7 Å². The number of ether oxygens (including phenoxy) is 1. The third-order valence-corrected chi connectivity index (χ3v) is 4.27. The van der Waals surface area contributed by atoms with E-state index in [-0.39, 0.29) is 0 Å². The highest BCUT2D eigenvalue weighted by Gasteiger charge is 2.06. The highest BCUT2D eigenvalue weighted by molar-refractivity contribution is 9.08. The van der Waals surface area contributed by atoms with Gasteiger partial charge in [0.2, 0.25) is 0 Å². The minimum absolute atomic E-state index is 0.794. The van der Waals surface area contributed by atoms with Crippen LogP contribution in [0.1, 0.15) is 35.1 Å². The van der Waals surface area contributed by atoms with Crippen LogP contribution in [0.5, 0.6) is 5.75 Å². The van der Waals surface area contributed by atoms with Gasteiger partial charge in [-0.05, 0) is 55.4 Å². The second-order valence-electron chi connectivity index (χ2n) is 5.48. The van der Waals surface area contributed by atoms with Gasteiger partial charge >= 0.3 is 0 Å². The van der Waals surface area contributed by atoms with Crippen molar-refractivity contribution in [3.63, 3.8) is 0 Å². The first kappa shape index (κ1) is 16.1. The number of alkyl halides is 1. The Bertz CT molecular complexity index is 540. The van der Waals surface area contributed by atoms with E-state index in [2.05, 4.69) is 72.2 Å². The lowest BCUT2D eigenvalue weighted by atomic mass is 10.1. The van der Waals surface area contributed by atoms with Crippen molar-refractivity contribution in [1.29, 1.82) is 0 Å². The zero-order chi connectivity index (χ0) is 15.1. The molecule has 0 bridgehead atoms. The van der Waals surface area contributed by atoms with Gasteiger partial charge in [0, 0.05) is 5.33 Å². The molecule has 0 atom stereocenters. The van der Waals surface area contributed by atoms with Crippen LogP contribution in [-0.4, -0.2) is 6.61 Å². The van der Waals surface area contributed by atoms with E-state index in [9.17, 15) is 0 Å². The zero-order valence-corrected chi connectivity index (χ0v) is 14.4. The molecular formula is C19H23BrO. The van der Waals surface area contributed by atoms with Crippen molar-refractivity contribution in [3.8, 4) is 5.75 Å². The summed E-state index contributed by atoms with van der Waals surface area (Å²) in [7, 11) is 0. The Labute approximate surface area is 136 Å². The molecule has 0 aliphatic heterocycles. The van der Waals surface area contributed by atoms with Crippen molar-refractivity contribution >= 4 is 15.9 Å². The molecule has 0 N–H and O–H groups in total. The Morgan fingerprint density at radius 1 is 0.905 bits per heavy atom. The maximum absolute atomic E-state index is 5.99. The monoisotopic (exact) mass is 346 g/mol. The minimum atomic E-state index is 0.794. The summed E-state index contributed by atoms with van der Waals surface area (Å²) in [5.41, 5.74) is 5.17. The largest absolute Gasteiger partial charge is 0.493 e. The summed E-state index contributed by atoms with van der Waals surface area (Å²) in [6, 6.07) is 15.0. The number of rotatable bonds is 7. The highest BCUT2D eigenvalue weighted by Crippen LogP contribution is 2.26. The zero-order valence-electron chi connectivity index (χ0n) is 12.9. The van der Waals surface area contributed by atoms with Crippen LogP contribution in [-0.2, 0) is 11.8 Å². The number of hydrogen-bond donors (Lipinski definition) is 0. The van der Waals surface area contributed by atoms with E-state index in [1.54, 1.807) is 0 Å². The molecule has 0 aliphatic rings. The van der Waals surface area contributed by atoms with E-state index in [0.717, 1.165) is 30.5 Å². The molecule has 2 heteroatoms. The van der Waals surface area contributed by atoms with Crippen LogP contribution in [0.25, 0.3) is 0 Å². The molecule has 0 unspecified atom stereocenters. The van der Waals surface area contributed by atoms with Crippen LogP contribution in [0.3, 0.4) is 0 Å². The Kier molecular flexibility index (Phi) is 6.31. The van der Waals surface area contributed by atoms with Crippen LogP contribution < -0.4 is 4.74 Å². The van der Waals surface area contributed by atoms with Gasteiger partial charge in [-0.15, -0.1) is 0 Å². The van der Waals surface area contributed by atoms with Gasteiger partial charge in [0.15, 0.2) is 0 Å². The van der Waals surface area contributed by atoms with Crippen molar-refractivity contribution in [1.82, 2.24) is 0 Å². The predicted octanol–water partition coefficient (Wildman–Crippen LogP) is 5.60. The molecule has 112 valence electrons. The van der Waals surface area contributed by atoms with Gasteiger partial charge in [0.25, 0.3) is 0 Å². The van der Waals surface area contributed by atoms with Gasteiger partial charge in [-0.3, -0.25) is 0 Å². The average Bonchev–Trinajstić information content (AvgIpc) is 2.50. The fraction of sp³-hybridized carbons (Fsp3) is 0.368. The third-order valence-electron chi connectivity index (χ3n) is 3.62. The van der Waals surface area contributed by atoms with Gasteiger partial charge in [0.1, 0.15) is 5.75 Å². The molecule has 1 nitrogen and oxygen atoms in total. The van der Waals surface area contributed by atoms with Crippen molar-refractivity contribution in [2.75, 3.05) is 6.61 Å². The summed E-state index contributed by atoms with van der Waals surface area (Å²) in [6.07, 6.45) is 3.39. The normalized spacial score (nSPS) is 10.6. The van der Waals surface area contributed by atoms with Crippen molar-refractivity contribution in [2.24, 2.45) is 0 Å². The first-order chi connectivity index (χ1) is 10.2. The fourth-order valence-corrected chi connectivity index (χ4v) is 2.92. The fourth-order valence-electron chi connectivity index (χ4n) is 2.59. The Morgan fingerprint density at radius 2 is 1.57 bits per heavy atom. The number of hydrogen-bond acceptors (Lipinski definition) is 1. The van der Waals surface area contributed by atoms with Gasteiger partial charge in [-0.1, -0.05) is 58.4 Å². The first-order valence-corrected chi connectivity index (χ1v) is 8.65. The molecule has 0 spiro atoms. The lowest BCUT2D eigenvalue weighted by Crippen LogP contribution is -2.02.